The van der Waals surface area contributed by atoms with E-state index in [0.29, 0.717) is 6.42 Å². The van der Waals surface area contributed by atoms with Gasteiger partial charge >= 0.3 is 5.97 Å². The predicted molar refractivity (Wildman–Crippen MR) is 56.3 cm³/mol. The molecule has 0 amide bonds. The molecule has 16 heavy (non-hydrogen) atoms. The van der Waals surface area contributed by atoms with E-state index in [-0.39, 0.29) is 6.54 Å². The molecular weight excluding hydrogens is 234 g/mol. The molecule has 1 heterocycles. The summed E-state index contributed by atoms with van der Waals surface area (Å²) < 4.78 is 26.1. The molecule has 0 aromatic carbocycles. The SMILES string of the molecule is Cn1cc(CCNS(=O)(=O)CC(=O)O)cn1. The fraction of sp³-hybridized carbons (Fsp3) is 0.500. The maximum atomic E-state index is 11.1. The average Bonchev–Trinajstić information content (AvgIpc) is 2.48. The molecule has 0 unspecified atom stereocenters. The highest BCUT2D eigenvalue weighted by atomic mass is 32.2. The summed E-state index contributed by atoms with van der Waals surface area (Å²) in [6, 6.07) is 0. The van der Waals surface area contributed by atoms with E-state index in [1.807, 2.05) is 0 Å². The molecule has 0 aliphatic carbocycles. The first-order valence-electron chi connectivity index (χ1n) is 4.56. The third-order valence-corrected chi connectivity index (χ3v) is 3.08. The summed E-state index contributed by atoms with van der Waals surface area (Å²) in [5.41, 5.74) is 0.889. The fourth-order valence-corrected chi connectivity index (χ4v) is 2.01. The van der Waals surface area contributed by atoms with Crippen LogP contribution in [0.25, 0.3) is 0 Å². The van der Waals surface area contributed by atoms with Gasteiger partial charge in [0.25, 0.3) is 0 Å². The number of carbonyl (C=O) groups is 1. The first-order valence-corrected chi connectivity index (χ1v) is 6.21. The molecule has 8 heteroatoms. The van der Waals surface area contributed by atoms with E-state index >= 15 is 0 Å². The normalized spacial score (nSPS) is 11.6. The summed E-state index contributed by atoms with van der Waals surface area (Å²) in [5, 5.41) is 12.3. The van der Waals surface area contributed by atoms with Crippen LogP contribution >= 0.6 is 0 Å². The Morgan fingerprint density at radius 2 is 2.31 bits per heavy atom. The lowest BCUT2D eigenvalue weighted by Crippen LogP contribution is -2.31. The topological polar surface area (TPSA) is 101 Å². The minimum Gasteiger partial charge on any atom is -0.480 e. The number of aryl methyl sites for hydroxylation is 1. The number of carboxylic acids is 1. The number of aromatic nitrogens is 2. The van der Waals surface area contributed by atoms with Crippen LogP contribution < -0.4 is 4.72 Å². The molecule has 2 N–H and O–H groups in total. The molecule has 0 aliphatic heterocycles. The molecule has 1 aromatic rings. The largest absolute Gasteiger partial charge is 0.480 e. The van der Waals surface area contributed by atoms with Crippen LogP contribution in [-0.2, 0) is 28.3 Å². The van der Waals surface area contributed by atoms with E-state index in [0.717, 1.165) is 5.56 Å². The van der Waals surface area contributed by atoms with Crippen molar-refractivity contribution in [2.24, 2.45) is 7.05 Å². The molecule has 0 atom stereocenters. The zero-order valence-electron chi connectivity index (χ0n) is 8.75. The number of sulfonamides is 1. The summed E-state index contributed by atoms with van der Waals surface area (Å²) in [7, 11) is -1.96. The molecule has 0 bridgehead atoms. The average molecular weight is 247 g/mol. The van der Waals surface area contributed by atoms with Crippen molar-refractivity contribution in [1.82, 2.24) is 14.5 Å². The third-order valence-electron chi connectivity index (χ3n) is 1.81. The molecule has 7 nitrogen and oxygen atoms in total. The summed E-state index contributed by atoms with van der Waals surface area (Å²) in [6.45, 7) is 0.168. The van der Waals surface area contributed by atoms with E-state index in [1.54, 1.807) is 24.1 Å². The molecular formula is C8H13N3O4S. The van der Waals surface area contributed by atoms with Crippen molar-refractivity contribution in [2.45, 2.75) is 6.42 Å². The van der Waals surface area contributed by atoms with Gasteiger partial charge in [-0.25, -0.2) is 13.1 Å². The van der Waals surface area contributed by atoms with E-state index in [4.69, 9.17) is 5.11 Å². The van der Waals surface area contributed by atoms with Gasteiger partial charge in [-0.1, -0.05) is 0 Å². The minimum absolute atomic E-state index is 0.168. The van der Waals surface area contributed by atoms with Crippen LogP contribution in [0.3, 0.4) is 0 Å². The molecule has 0 saturated heterocycles. The maximum Gasteiger partial charge on any atom is 0.320 e. The number of nitrogens with zero attached hydrogens (tertiary/aromatic N) is 2. The monoisotopic (exact) mass is 247 g/mol. The van der Waals surface area contributed by atoms with Crippen molar-refractivity contribution in [3.63, 3.8) is 0 Å². The van der Waals surface area contributed by atoms with Gasteiger partial charge in [0, 0.05) is 19.8 Å². The van der Waals surface area contributed by atoms with Gasteiger partial charge < -0.3 is 5.11 Å². The van der Waals surface area contributed by atoms with Gasteiger partial charge in [0.05, 0.1) is 6.20 Å². The van der Waals surface area contributed by atoms with E-state index in [1.165, 1.54) is 0 Å². The number of carboxylic acid groups (broad SMARTS) is 1. The Labute approximate surface area is 93.1 Å². The van der Waals surface area contributed by atoms with Gasteiger partial charge in [0.2, 0.25) is 10.0 Å². The Kier molecular flexibility index (Phi) is 4.02. The first kappa shape index (κ1) is 12.7. The molecule has 0 aliphatic rings. The number of rotatable bonds is 6. The lowest BCUT2D eigenvalue weighted by Gasteiger charge is -2.02. The Hall–Kier alpha value is -1.41. The van der Waals surface area contributed by atoms with Crippen molar-refractivity contribution in [3.8, 4) is 0 Å². The number of aliphatic carboxylic acids is 1. The zero-order chi connectivity index (χ0) is 12.2. The van der Waals surface area contributed by atoms with Gasteiger partial charge in [-0.05, 0) is 12.0 Å². The van der Waals surface area contributed by atoms with Crippen molar-refractivity contribution >= 4 is 16.0 Å². The van der Waals surface area contributed by atoms with Crippen LogP contribution in [0.15, 0.2) is 12.4 Å². The highest BCUT2D eigenvalue weighted by molar-refractivity contribution is 7.90. The fourth-order valence-electron chi connectivity index (χ4n) is 1.17. The summed E-state index contributed by atoms with van der Waals surface area (Å²) in [6.07, 6.45) is 3.88. The number of hydrogen-bond acceptors (Lipinski definition) is 4. The van der Waals surface area contributed by atoms with Crippen LogP contribution in [0.4, 0.5) is 0 Å². The second kappa shape index (κ2) is 5.08. The van der Waals surface area contributed by atoms with Gasteiger partial charge in [-0.15, -0.1) is 0 Å². The van der Waals surface area contributed by atoms with E-state index in [9.17, 15) is 13.2 Å². The number of nitrogens with one attached hydrogen (secondary N) is 1. The highest BCUT2D eigenvalue weighted by Crippen LogP contribution is 1.96. The standard InChI is InChI=1S/C8H13N3O4S/c1-11-5-7(4-9-11)2-3-10-16(14,15)6-8(12)13/h4-5,10H,2-3,6H2,1H3,(H,12,13). The number of hydrogen-bond donors (Lipinski definition) is 2. The molecule has 0 spiro atoms. The van der Waals surface area contributed by atoms with Crippen LogP contribution in [0.1, 0.15) is 5.56 Å². The Morgan fingerprint density at radius 1 is 1.62 bits per heavy atom. The van der Waals surface area contributed by atoms with Crippen LogP contribution in [0.2, 0.25) is 0 Å². The van der Waals surface area contributed by atoms with Crippen molar-refractivity contribution in [1.29, 1.82) is 0 Å². The molecule has 0 saturated carbocycles. The van der Waals surface area contributed by atoms with Crippen molar-refractivity contribution < 1.29 is 18.3 Å². The lowest BCUT2D eigenvalue weighted by molar-refractivity contribution is -0.134. The third kappa shape index (κ3) is 4.41. The van der Waals surface area contributed by atoms with Gasteiger partial charge in [0.15, 0.2) is 5.75 Å². The zero-order valence-corrected chi connectivity index (χ0v) is 9.57. The molecule has 1 rings (SSSR count). The van der Waals surface area contributed by atoms with Crippen molar-refractivity contribution in [2.75, 3.05) is 12.3 Å². The summed E-state index contributed by atoms with van der Waals surface area (Å²) >= 11 is 0. The second-order valence-corrected chi connectivity index (χ2v) is 5.13. The Balaban J connectivity index is 2.38. The molecule has 0 radical (unpaired) electrons. The molecule has 0 fully saturated rings. The minimum atomic E-state index is -3.72. The van der Waals surface area contributed by atoms with Crippen LogP contribution in [0, 0.1) is 0 Å². The molecule has 1 aromatic heterocycles. The summed E-state index contributed by atoms with van der Waals surface area (Å²) in [4.78, 5) is 10.2. The van der Waals surface area contributed by atoms with Crippen LogP contribution in [0.5, 0.6) is 0 Å². The molecule has 90 valence electrons. The van der Waals surface area contributed by atoms with E-state index in [2.05, 4.69) is 9.82 Å². The van der Waals surface area contributed by atoms with E-state index < -0.39 is 21.7 Å². The highest BCUT2D eigenvalue weighted by Gasteiger charge is 2.14. The Morgan fingerprint density at radius 3 is 2.81 bits per heavy atom. The van der Waals surface area contributed by atoms with Gasteiger partial charge in [-0.2, -0.15) is 5.10 Å². The quantitative estimate of drug-likeness (QED) is 0.669. The summed E-state index contributed by atoms with van der Waals surface area (Å²) in [5.74, 6) is -2.27. The van der Waals surface area contributed by atoms with Crippen LogP contribution in [-0.4, -0.2) is 41.6 Å². The first-order chi connectivity index (χ1) is 7.39. The van der Waals surface area contributed by atoms with Gasteiger partial charge in [0.1, 0.15) is 0 Å². The van der Waals surface area contributed by atoms with Crippen molar-refractivity contribution in [3.05, 3.63) is 18.0 Å². The van der Waals surface area contributed by atoms with Gasteiger partial charge in [-0.3, -0.25) is 9.48 Å². The maximum absolute atomic E-state index is 11.1. The second-order valence-electron chi connectivity index (χ2n) is 3.32. The smallest absolute Gasteiger partial charge is 0.320 e. The Bertz CT molecular complexity index is 465. The lowest BCUT2D eigenvalue weighted by atomic mass is 10.3. The predicted octanol–water partition coefficient (Wildman–Crippen LogP) is -1.03.